The lowest BCUT2D eigenvalue weighted by Crippen LogP contribution is -2.51. The van der Waals surface area contributed by atoms with Gasteiger partial charge in [0.2, 0.25) is 0 Å². The van der Waals surface area contributed by atoms with Crippen molar-refractivity contribution in [2.24, 2.45) is 5.92 Å². The summed E-state index contributed by atoms with van der Waals surface area (Å²) in [4.78, 5) is 10.3. The van der Waals surface area contributed by atoms with Crippen LogP contribution in [0.25, 0.3) is 22.0 Å². The highest BCUT2D eigenvalue weighted by Gasteiger charge is 2.39. The zero-order chi connectivity index (χ0) is 15.4. The molecular formula is C19H20N4. The van der Waals surface area contributed by atoms with Gasteiger partial charge in [0, 0.05) is 60.5 Å². The Bertz CT molecular complexity index is 870. The normalized spacial score (nSPS) is 23.1. The Labute approximate surface area is 135 Å². The van der Waals surface area contributed by atoms with Gasteiger partial charge in [-0.25, -0.2) is 0 Å². The summed E-state index contributed by atoms with van der Waals surface area (Å²) in [7, 11) is 0. The van der Waals surface area contributed by atoms with E-state index in [-0.39, 0.29) is 0 Å². The minimum atomic E-state index is 0.678. The molecule has 0 unspecified atom stereocenters. The van der Waals surface area contributed by atoms with Crippen LogP contribution in [0.2, 0.25) is 0 Å². The Morgan fingerprint density at radius 1 is 1.13 bits per heavy atom. The summed E-state index contributed by atoms with van der Waals surface area (Å²) in [6, 6.07) is 9.55. The van der Waals surface area contributed by atoms with Gasteiger partial charge in [-0.3, -0.25) is 4.98 Å². The second kappa shape index (κ2) is 4.83. The Hall–Kier alpha value is -2.33. The Balaban J connectivity index is 1.52. The largest absolute Gasteiger partial charge is 0.368 e. The maximum absolute atomic E-state index is 4.50. The molecule has 3 aromatic rings. The summed E-state index contributed by atoms with van der Waals surface area (Å²) < 4.78 is 0. The van der Waals surface area contributed by atoms with Crippen LogP contribution in [0.3, 0.4) is 0 Å². The SMILES string of the molecule is Cc1c[nH]c2ccc(-c3cncc(N4C[C@@H]5CN[C@@H]5C4)c3)cc12. The first-order valence-electron chi connectivity index (χ1n) is 8.29. The van der Waals surface area contributed by atoms with Gasteiger partial charge < -0.3 is 15.2 Å². The van der Waals surface area contributed by atoms with Crippen LogP contribution in [0.5, 0.6) is 0 Å². The van der Waals surface area contributed by atoms with Gasteiger partial charge in [-0.15, -0.1) is 0 Å². The number of aromatic amines is 1. The molecule has 2 N–H and O–H groups in total. The van der Waals surface area contributed by atoms with E-state index in [1.165, 1.54) is 33.3 Å². The van der Waals surface area contributed by atoms with Gasteiger partial charge in [0.1, 0.15) is 0 Å². The van der Waals surface area contributed by atoms with Gasteiger partial charge in [0.15, 0.2) is 0 Å². The molecule has 2 saturated heterocycles. The number of aryl methyl sites for hydroxylation is 1. The van der Waals surface area contributed by atoms with E-state index < -0.39 is 0 Å². The molecule has 2 aliphatic heterocycles. The van der Waals surface area contributed by atoms with Crippen LogP contribution in [0.1, 0.15) is 5.56 Å². The van der Waals surface area contributed by atoms with Crippen LogP contribution in [0.4, 0.5) is 5.69 Å². The summed E-state index contributed by atoms with van der Waals surface area (Å²) in [6.07, 6.45) is 6.03. The number of anilines is 1. The van der Waals surface area contributed by atoms with E-state index in [0.717, 1.165) is 25.6 Å². The van der Waals surface area contributed by atoms with Gasteiger partial charge in [0.05, 0.1) is 11.9 Å². The summed E-state index contributed by atoms with van der Waals surface area (Å²) in [6.45, 7) is 5.56. The smallest absolute Gasteiger partial charge is 0.0559 e. The van der Waals surface area contributed by atoms with Crippen molar-refractivity contribution in [3.8, 4) is 11.1 Å². The average molecular weight is 304 g/mol. The van der Waals surface area contributed by atoms with Gasteiger partial charge >= 0.3 is 0 Å². The number of fused-ring (bicyclic) bond motifs is 2. The number of nitrogens with zero attached hydrogens (tertiary/aromatic N) is 2. The summed E-state index contributed by atoms with van der Waals surface area (Å²) in [5.41, 5.74) is 6.14. The van der Waals surface area contributed by atoms with Crippen molar-refractivity contribution in [3.63, 3.8) is 0 Å². The molecule has 1 aromatic carbocycles. The van der Waals surface area contributed by atoms with Gasteiger partial charge in [-0.2, -0.15) is 0 Å². The van der Waals surface area contributed by atoms with Crippen molar-refractivity contribution < 1.29 is 0 Å². The number of H-pyrrole nitrogens is 1. The molecule has 4 heterocycles. The van der Waals surface area contributed by atoms with Crippen LogP contribution < -0.4 is 10.2 Å². The Morgan fingerprint density at radius 3 is 2.87 bits per heavy atom. The fourth-order valence-corrected chi connectivity index (χ4v) is 3.86. The predicted molar refractivity (Wildman–Crippen MR) is 93.8 cm³/mol. The molecule has 116 valence electrons. The molecule has 0 spiro atoms. The van der Waals surface area contributed by atoms with Crippen LogP contribution in [-0.2, 0) is 0 Å². The minimum absolute atomic E-state index is 0.678. The molecule has 5 rings (SSSR count). The molecule has 2 fully saturated rings. The Morgan fingerprint density at radius 2 is 2.09 bits per heavy atom. The summed E-state index contributed by atoms with van der Waals surface area (Å²) in [5.74, 6) is 0.817. The molecule has 0 bridgehead atoms. The summed E-state index contributed by atoms with van der Waals surface area (Å²) >= 11 is 0. The van der Waals surface area contributed by atoms with E-state index >= 15 is 0 Å². The van der Waals surface area contributed by atoms with E-state index in [1.807, 2.05) is 12.4 Å². The fraction of sp³-hybridized carbons (Fsp3) is 0.316. The fourth-order valence-electron chi connectivity index (χ4n) is 3.86. The Kier molecular flexibility index (Phi) is 2.76. The second-order valence-electron chi connectivity index (χ2n) is 6.84. The number of benzene rings is 1. The van der Waals surface area contributed by atoms with E-state index in [4.69, 9.17) is 0 Å². The highest BCUT2D eigenvalue weighted by atomic mass is 15.2. The quantitative estimate of drug-likeness (QED) is 0.765. The molecule has 0 radical (unpaired) electrons. The zero-order valence-corrected chi connectivity index (χ0v) is 13.2. The lowest BCUT2D eigenvalue weighted by Gasteiger charge is -2.29. The lowest BCUT2D eigenvalue weighted by atomic mass is 9.96. The van der Waals surface area contributed by atoms with E-state index in [9.17, 15) is 0 Å². The minimum Gasteiger partial charge on any atom is -0.368 e. The highest BCUT2D eigenvalue weighted by molar-refractivity contribution is 5.88. The third-order valence-corrected chi connectivity index (χ3v) is 5.39. The molecule has 2 aromatic heterocycles. The molecule has 0 amide bonds. The van der Waals surface area contributed by atoms with Crippen molar-refractivity contribution in [3.05, 3.63) is 48.4 Å². The number of hydrogen-bond donors (Lipinski definition) is 2. The monoisotopic (exact) mass is 304 g/mol. The van der Waals surface area contributed by atoms with E-state index in [1.54, 1.807) is 0 Å². The molecule has 4 nitrogen and oxygen atoms in total. The molecular weight excluding hydrogens is 284 g/mol. The highest BCUT2D eigenvalue weighted by Crippen LogP contribution is 2.31. The summed E-state index contributed by atoms with van der Waals surface area (Å²) in [5, 5.41) is 4.80. The van der Waals surface area contributed by atoms with Gasteiger partial charge in [0.25, 0.3) is 0 Å². The predicted octanol–water partition coefficient (Wildman–Crippen LogP) is 2.95. The number of hydrogen-bond acceptors (Lipinski definition) is 3. The van der Waals surface area contributed by atoms with Crippen LogP contribution in [0, 0.1) is 12.8 Å². The second-order valence-corrected chi connectivity index (χ2v) is 6.84. The third kappa shape index (κ3) is 2.05. The van der Waals surface area contributed by atoms with Crippen molar-refractivity contribution >= 4 is 16.6 Å². The first kappa shape index (κ1) is 13.1. The van der Waals surface area contributed by atoms with Crippen molar-refractivity contribution in [1.82, 2.24) is 15.3 Å². The van der Waals surface area contributed by atoms with Crippen LogP contribution in [-0.4, -0.2) is 35.6 Å². The topological polar surface area (TPSA) is 44.0 Å². The third-order valence-electron chi connectivity index (χ3n) is 5.39. The van der Waals surface area contributed by atoms with Crippen LogP contribution >= 0.6 is 0 Å². The average Bonchev–Trinajstić information content (AvgIpc) is 3.08. The molecule has 4 heteroatoms. The molecule has 0 saturated carbocycles. The first-order chi connectivity index (χ1) is 11.3. The van der Waals surface area contributed by atoms with Gasteiger partial charge in [-0.1, -0.05) is 6.07 Å². The number of aromatic nitrogens is 2. The van der Waals surface area contributed by atoms with E-state index in [0.29, 0.717) is 6.04 Å². The molecule has 0 aliphatic carbocycles. The van der Waals surface area contributed by atoms with Crippen LogP contribution in [0.15, 0.2) is 42.9 Å². The molecule has 2 aliphatic rings. The lowest BCUT2D eigenvalue weighted by molar-refractivity contribution is 0.297. The standard InChI is InChI=1S/C19H20N4/c1-12-6-21-18-3-2-13(5-17(12)18)14-4-16(9-20-7-14)23-10-15-8-22-19(15)11-23/h2-7,9,15,19,21-22H,8,10-11H2,1H3/t15-,19+/m0/s1. The van der Waals surface area contributed by atoms with Crippen molar-refractivity contribution in [2.75, 3.05) is 24.5 Å². The van der Waals surface area contributed by atoms with Crippen molar-refractivity contribution in [2.45, 2.75) is 13.0 Å². The number of rotatable bonds is 2. The number of pyridine rings is 1. The van der Waals surface area contributed by atoms with Crippen molar-refractivity contribution in [1.29, 1.82) is 0 Å². The van der Waals surface area contributed by atoms with E-state index in [2.05, 4.69) is 57.6 Å². The number of nitrogens with one attached hydrogen (secondary N) is 2. The van der Waals surface area contributed by atoms with Gasteiger partial charge in [-0.05, 0) is 36.2 Å². The maximum atomic E-state index is 4.50. The molecule has 2 atom stereocenters. The zero-order valence-electron chi connectivity index (χ0n) is 13.2. The maximum Gasteiger partial charge on any atom is 0.0559 e. The molecule has 23 heavy (non-hydrogen) atoms. The first-order valence-corrected chi connectivity index (χ1v) is 8.29.